The first-order chi connectivity index (χ1) is 18.4. The number of carbonyl (C=O) groups is 3. The van der Waals surface area contributed by atoms with E-state index >= 15 is 0 Å². The molecule has 2 aromatic carbocycles. The summed E-state index contributed by atoms with van der Waals surface area (Å²) in [7, 11) is 0. The van der Waals surface area contributed by atoms with Gasteiger partial charge < -0.3 is 24.4 Å². The second-order valence-electron chi connectivity index (χ2n) is 9.77. The summed E-state index contributed by atoms with van der Waals surface area (Å²) in [5, 5.41) is 11.6. The number of benzene rings is 2. The maximum absolute atomic E-state index is 14.5. The van der Waals surface area contributed by atoms with E-state index < -0.39 is 28.9 Å². The fourth-order valence-electron chi connectivity index (χ4n) is 5.66. The minimum absolute atomic E-state index is 0.0807. The third-order valence-corrected chi connectivity index (χ3v) is 7.45. The number of ether oxygens (including phenoxy) is 2. The molecular formula is C30H32N2O6. The van der Waals surface area contributed by atoms with E-state index in [4.69, 9.17) is 9.47 Å². The number of unbranched alkanes of at least 4 members (excludes halogenated alkanes) is 1. The predicted octanol–water partition coefficient (Wildman–Crippen LogP) is 4.15. The van der Waals surface area contributed by atoms with Gasteiger partial charge in [0.05, 0.1) is 17.4 Å². The Hall–Kier alpha value is -3.91. The molecule has 198 valence electrons. The Morgan fingerprint density at radius 3 is 2.63 bits per heavy atom. The number of anilines is 1. The van der Waals surface area contributed by atoms with E-state index in [9.17, 15) is 19.5 Å². The first-order valence-corrected chi connectivity index (χ1v) is 13.1. The molecule has 38 heavy (non-hydrogen) atoms. The van der Waals surface area contributed by atoms with Crippen LogP contribution in [0.3, 0.4) is 0 Å². The summed E-state index contributed by atoms with van der Waals surface area (Å²) in [6.07, 6.45) is 4.51. The van der Waals surface area contributed by atoms with Crippen molar-refractivity contribution in [2.24, 2.45) is 0 Å². The molecule has 8 heteroatoms. The highest BCUT2D eigenvalue weighted by molar-refractivity contribution is 6.50. The number of likely N-dealkylation sites (tertiary alicyclic amines) is 1. The SMILES string of the molecule is C=CCOc1ccc(/C(O)=C2/C(=O)C(=O)N(CC3CCCO3)C23C(=O)N(CCCC)c2ccccc23)cc1. The predicted molar refractivity (Wildman–Crippen MR) is 143 cm³/mol. The van der Waals surface area contributed by atoms with Gasteiger partial charge in [-0.2, -0.15) is 0 Å². The van der Waals surface area contributed by atoms with E-state index in [0.29, 0.717) is 42.3 Å². The van der Waals surface area contributed by atoms with E-state index in [1.165, 1.54) is 4.90 Å². The average molecular weight is 517 g/mol. The Bertz CT molecular complexity index is 1290. The molecule has 8 nitrogen and oxygen atoms in total. The number of Topliss-reactive ketones (excluding diaryl/α,β-unsaturated/α-hetero) is 1. The first-order valence-electron chi connectivity index (χ1n) is 13.1. The standard InChI is InChI=1S/C30H32N2O6/c1-3-5-16-31-24-11-7-6-10-23(24)30(29(31)36)25(26(33)20-12-14-21(15-13-20)37-17-4-2)27(34)28(35)32(30)19-22-9-8-18-38-22/h4,6-7,10-15,22,33H,2-3,5,8-9,16-19H2,1H3/b26-25+. The second-order valence-corrected chi connectivity index (χ2v) is 9.77. The number of hydrogen-bond donors (Lipinski definition) is 1. The number of fused-ring (bicyclic) bond motifs is 2. The fourth-order valence-corrected chi connectivity index (χ4v) is 5.66. The van der Waals surface area contributed by atoms with Gasteiger partial charge in [-0.15, -0.1) is 0 Å². The highest BCUT2D eigenvalue weighted by Crippen LogP contribution is 2.54. The van der Waals surface area contributed by atoms with Crippen LogP contribution in [-0.2, 0) is 24.7 Å². The zero-order valence-corrected chi connectivity index (χ0v) is 21.5. The molecule has 3 aliphatic heterocycles. The van der Waals surface area contributed by atoms with Gasteiger partial charge in [-0.05, 0) is 49.6 Å². The van der Waals surface area contributed by atoms with Gasteiger partial charge in [-0.3, -0.25) is 14.4 Å². The molecule has 0 radical (unpaired) electrons. The highest BCUT2D eigenvalue weighted by Gasteiger charge is 2.67. The molecule has 5 rings (SSSR count). The lowest BCUT2D eigenvalue weighted by molar-refractivity contribution is -0.145. The Balaban J connectivity index is 1.70. The second kappa shape index (κ2) is 10.5. The molecule has 1 N–H and O–H groups in total. The molecule has 0 bridgehead atoms. The monoisotopic (exact) mass is 516 g/mol. The van der Waals surface area contributed by atoms with Crippen LogP contribution in [0, 0.1) is 0 Å². The number of carbonyl (C=O) groups excluding carboxylic acids is 3. The molecule has 0 saturated carbocycles. The van der Waals surface area contributed by atoms with Crippen LogP contribution in [0.1, 0.15) is 43.7 Å². The minimum Gasteiger partial charge on any atom is -0.507 e. The molecule has 2 unspecified atom stereocenters. The van der Waals surface area contributed by atoms with E-state index in [0.717, 1.165) is 25.7 Å². The molecule has 2 fully saturated rings. The van der Waals surface area contributed by atoms with Crippen molar-refractivity contribution in [3.63, 3.8) is 0 Å². The van der Waals surface area contributed by atoms with Gasteiger partial charge in [0.2, 0.25) is 0 Å². The molecule has 0 aliphatic carbocycles. The van der Waals surface area contributed by atoms with Crippen LogP contribution in [-0.4, -0.2) is 60.0 Å². The van der Waals surface area contributed by atoms with Crippen molar-refractivity contribution in [1.29, 1.82) is 0 Å². The Kier molecular flexibility index (Phi) is 7.08. The maximum atomic E-state index is 14.5. The maximum Gasteiger partial charge on any atom is 0.296 e. The molecule has 2 atom stereocenters. The van der Waals surface area contributed by atoms with Gasteiger partial charge in [0, 0.05) is 30.8 Å². The molecule has 1 spiro atoms. The number of nitrogens with zero attached hydrogens (tertiary/aromatic N) is 2. The van der Waals surface area contributed by atoms with E-state index in [1.54, 1.807) is 47.4 Å². The summed E-state index contributed by atoms with van der Waals surface area (Å²) in [6, 6.07) is 13.7. The lowest BCUT2D eigenvalue weighted by atomic mass is 9.81. The average Bonchev–Trinajstić information content (AvgIpc) is 3.60. The number of aliphatic hydroxyl groups is 1. The van der Waals surface area contributed by atoms with Crippen molar-refractivity contribution >= 4 is 29.0 Å². The van der Waals surface area contributed by atoms with Gasteiger partial charge in [-0.1, -0.05) is 44.2 Å². The summed E-state index contributed by atoms with van der Waals surface area (Å²) in [4.78, 5) is 44.8. The number of hydrogen-bond acceptors (Lipinski definition) is 6. The number of ketones is 1. The molecular weight excluding hydrogens is 484 g/mol. The molecule has 2 aromatic rings. The van der Waals surface area contributed by atoms with Crippen LogP contribution in [0.2, 0.25) is 0 Å². The van der Waals surface area contributed by atoms with Gasteiger partial charge in [0.25, 0.3) is 17.6 Å². The lowest BCUT2D eigenvalue weighted by Crippen LogP contribution is -2.54. The summed E-state index contributed by atoms with van der Waals surface area (Å²) in [5.41, 5.74) is -0.512. The first kappa shape index (κ1) is 25.7. The van der Waals surface area contributed by atoms with Gasteiger partial charge in [0.1, 0.15) is 18.1 Å². The zero-order valence-electron chi connectivity index (χ0n) is 21.5. The lowest BCUT2D eigenvalue weighted by Gasteiger charge is -2.35. The van der Waals surface area contributed by atoms with Gasteiger partial charge in [-0.25, -0.2) is 0 Å². The molecule has 0 aromatic heterocycles. The van der Waals surface area contributed by atoms with Crippen LogP contribution in [0.25, 0.3) is 5.76 Å². The summed E-state index contributed by atoms with van der Waals surface area (Å²) >= 11 is 0. The molecule has 2 saturated heterocycles. The Morgan fingerprint density at radius 1 is 1.18 bits per heavy atom. The van der Waals surface area contributed by atoms with Crippen LogP contribution in [0.5, 0.6) is 5.75 Å². The molecule has 2 amide bonds. The summed E-state index contributed by atoms with van der Waals surface area (Å²) in [6.45, 7) is 7.07. The van der Waals surface area contributed by atoms with Crippen molar-refractivity contribution in [2.75, 3.05) is 31.2 Å². The summed E-state index contributed by atoms with van der Waals surface area (Å²) < 4.78 is 11.3. The van der Waals surface area contributed by atoms with Crippen molar-refractivity contribution in [2.45, 2.75) is 44.2 Å². The van der Waals surface area contributed by atoms with Gasteiger partial charge >= 0.3 is 0 Å². The number of aliphatic hydroxyl groups excluding tert-OH is 1. The van der Waals surface area contributed by atoms with Crippen LogP contribution in [0.15, 0.2) is 66.8 Å². The third kappa shape index (κ3) is 4.00. The number of rotatable bonds is 9. The number of amides is 2. The molecule has 3 aliphatic rings. The minimum atomic E-state index is -1.77. The van der Waals surface area contributed by atoms with E-state index in [-0.39, 0.29) is 18.2 Å². The van der Waals surface area contributed by atoms with Crippen LogP contribution in [0.4, 0.5) is 5.69 Å². The van der Waals surface area contributed by atoms with Crippen molar-refractivity contribution in [3.05, 3.63) is 77.9 Å². The van der Waals surface area contributed by atoms with Crippen molar-refractivity contribution < 1.29 is 29.0 Å². The normalized spacial score (nSPS) is 23.9. The summed E-state index contributed by atoms with van der Waals surface area (Å²) in [5.74, 6) is -1.93. The van der Waals surface area contributed by atoms with Gasteiger partial charge in [0.15, 0.2) is 5.54 Å². The van der Waals surface area contributed by atoms with Crippen LogP contribution < -0.4 is 9.64 Å². The fraction of sp³-hybridized carbons (Fsp3) is 0.367. The topological polar surface area (TPSA) is 96.4 Å². The Labute approximate surface area is 222 Å². The zero-order chi connectivity index (χ0) is 26.9. The largest absolute Gasteiger partial charge is 0.507 e. The van der Waals surface area contributed by atoms with Crippen molar-refractivity contribution in [1.82, 2.24) is 4.90 Å². The quantitative estimate of drug-likeness (QED) is 0.233. The third-order valence-electron chi connectivity index (χ3n) is 7.45. The van der Waals surface area contributed by atoms with Crippen LogP contribution >= 0.6 is 0 Å². The highest BCUT2D eigenvalue weighted by atomic mass is 16.5. The van der Waals surface area contributed by atoms with E-state index in [1.807, 2.05) is 19.1 Å². The molecule has 3 heterocycles. The smallest absolute Gasteiger partial charge is 0.296 e. The van der Waals surface area contributed by atoms with E-state index in [2.05, 4.69) is 6.58 Å². The Morgan fingerprint density at radius 2 is 1.95 bits per heavy atom. The number of para-hydroxylation sites is 1. The van der Waals surface area contributed by atoms with Crippen molar-refractivity contribution in [3.8, 4) is 5.75 Å².